The minimum atomic E-state index is -0.250. The third-order valence-corrected chi connectivity index (χ3v) is 1.75. The molecule has 0 radical (unpaired) electrons. The molecule has 0 aliphatic heterocycles. The van der Waals surface area contributed by atoms with E-state index < -0.39 is 0 Å². The molecule has 0 amide bonds. The number of rotatable bonds is 4. The molecule has 0 aromatic rings. The summed E-state index contributed by atoms with van der Waals surface area (Å²) in [5.74, 6) is -0.250. The molecule has 0 heterocycles. The van der Waals surface area contributed by atoms with Gasteiger partial charge in [0.2, 0.25) is 0 Å². The minimum Gasteiger partial charge on any atom is -0.460 e. The first-order valence-electron chi connectivity index (χ1n) is 4.63. The van der Waals surface area contributed by atoms with Gasteiger partial charge in [-0.15, -0.1) is 0 Å². The van der Waals surface area contributed by atoms with Crippen molar-refractivity contribution < 1.29 is 14.3 Å². The van der Waals surface area contributed by atoms with Crippen molar-refractivity contribution in [1.82, 2.24) is 0 Å². The standard InChI is InChI=1S/C10H20O3/c1-6-12-7-9(10(3,4)5)13-8(2)11/h9H,6-7H2,1-5H3. The molecular formula is C10H20O3. The highest BCUT2D eigenvalue weighted by Crippen LogP contribution is 2.22. The fourth-order valence-corrected chi connectivity index (χ4v) is 0.886. The van der Waals surface area contributed by atoms with Gasteiger partial charge in [-0.25, -0.2) is 0 Å². The van der Waals surface area contributed by atoms with Crippen LogP contribution in [-0.4, -0.2) is 25.3 Å². The zero-order valence-electron chi connectivity index (χ0n) is 9.22. The molecule has 0 saturated heterocycles. The predicted molar refractivity (Wildman–Crippen MR) is 51.5 cm³/mol. The van der Waals surface area contributed by atoms with E-state index in [4.69, 9.17) is 9.47 Å². The molecule has 0 aliphatic rings. The molecule has 0 aromatic heterocycles. The van der Waals surface area contributed by atoms with E-state index >= 15 is 0 Å². The molecule has 1 atom stereocenters. The molecule has 0 N–H and O–H groups in total. The van der Waals surface area contributed by atoms with E-state index in [9.17, 15) is 4.79 Å². The molecular weight excluding hydrogens is 168 g/mol. The highest BCUT2D eigenvalue weighted by Gasteiger charge is 2.27. The summed E-state index contributed by atoms with van der Waals surface area (Å²) in [6.07, 6.45) is -0.162. The summed E-state index contributed by atoms with van der Waals surface area (Å²) in [6.45, 7) is 10.5. The number of hydrogen-bond acceptors (Lipinski definition) is 3. The lowest BCUT2D eigenvalue weighted by atomic mass is 9.89. The molecule has 3 heteroatoms. The van der Waals surface area contributed by atoms with Crippen LogP contribution in [0.2, 0.25) is 0 Å². The quantitative estimate of drug-likeness (QED) is 0.633. The van der Waals surface area contributed by atoms with E-state index in [1.165, 1.54) is 6.92 Å². The van der Waals surface area contributed by atoms with Crippen LogP contribution in [0.1, 0.15) is 34.6 Å². The van der Waals surface area contributed by atoms with Crippen molar-refractivity contribution in [2.45, 2.75) is 40.7 Å². The highest BCUT2D eigenvalue weighted by molar-refractivity contribution is 5.66. The molecule has 0 aliphatic carbocycles. The zero-order chi connectivity index (χ0) is 10.5. The second-order valence-electron chi connectivity index (χ2n) is 4.12. The van der Waals surface area contributed by atoms with Gasteiger partial charge in [0.05, 0.1) is 6.61 Å². The van der Waals surface area contributed by atoms with Crippen LogP contribution in [0, 0.1) is 5.41 Å². The van der Waals surface area contributed by atoms with Crippen molar-refractivity contribution in [3.8, 4) is 0 Å². The van der Waals surface area contributed by atoms with Crippen LogP contribution in [0.4, 0.5) is 0 Å². The van der Waals surface area contributed by atoms with E-state index in [1.807, 2.05) is 27.7 Å². The topological polar surface area (TPSA) is 35.5 Å². The second kappa shape index (κ2) is 5.22. The minimum absolute atomic E-state index is 0.0686. The Morgan fingerprint density at radius 2 is 1.92 bits per heavy atom. The summed E-state index contributed by atoms with van der Waals surface area (Å²) < 4.78 is 10.4. The van der Waals surface area contributed by atoms with Crippen LogP contribution in [0.15, 0.2) is 0 Å². The lowest BCUT2D eigenvalue weighted by Gasteiger charge is -2.29. The summed E-state index contributed by atoms with van der Waals surface area (Å²) >= 11 is 0. The molecule has 1 unspecified atom stereocenters. The number of carbonyl (C=O) groups is 1. The maximum Gasteiger partial charge on any atom is 0.303 e. The van der Waals surface area contributed by atoms with Crippen LogP contribution >= 0.6 is 0 Å². The summed E-state index contributed by atoms with van der Waals surface area (Å²) in [4.78, 5) is 10.8. The van der Waals surface area contributed by atoms with Crippen LogP contribution < -0.4 is 0 Å². The number of esters is 1. The maximum absolute atomic E-state index is 10.8. The molecule has 0 saturated carbocycles. The Balaban J connectivity index is 4.11. The third-order valence-electron chi connectivity index (χ3n) is 1.75. The predicted octanol–water partition coefficient (Wildman–Crippen LogP) is 2.00. The molecule has 0 fully saturated rings. The largest absolute Gasteiger partial charge is 0.460 e. The average molecular weight is 188 g/mol. The monoisotopic (exact) mass is 188 g/mol. The van der Waals surface area contributed by atoms with Crippen molar-refractivity contribution in [2.24, 2.45) is 5.41 Å². The van der Waals surface area contributed by atoms with Gasteiger partial charge in [-0.1, -0.05) is 20.8 Å². The van der Waals surface area contributed by atoms with Crippen LogP contribution in [0.25, 0.3) is 0 Å². The van der Waals surface area contributed by atoms with Crippen molar-refractivity contribution in [1.29, 1.82) is 0 Å². The molecule has 13 heavy (non-hydrogen) atoms. The SMILES string of the molecule is CCOCC(OC(C)=O)C(C)(C)C. The van der Waals surface area contributed by atoms with Crippen LogP contribution in [0.5, 0.6) is 0 Å². The van der Waals surface area contributed by atoms with E-state index in [-0.39, 0.29) is 17.5 Å². The first-order chi connectivity index (χ1) is 5.88. The highest BCUT2D eigenvalue weighted by atomic mass is 16.6. The lowest BCUT2D eigenvalue weighted by molar-refractivity contribution is -0.156. The van der Waals surface area contributed by atoms with Gasteiger partial charge in [-0.3, -0.25) is 4.79 Å². The number of hydrogen-bond donors (Lipinski definition) is 0. The van der Waals surface area contributed by atoms with Gasteiger partial charge in [0.1, 0.15) is 6.10 Å². The van der Waals surface area contributed by atoms with E-state index in [0.29, 0.717) is 13.2 Å². The zero-order valence-corrected chi connectivity index (χ0v) is 9.22. The first kappa shape index (κ1) is 12.4. The van der Waals surface area contributed by atoms with Crippen LogP contribution in [0.3, 0.4) is 0 Å². The molecule has 3 nitrogen and oxygen atoms in total. The Morgan fingerprint density at radius 3 is 2.23 bits per heavy atom. The van der Waals surface area contributed by atoms with Crippen molar-refractivity contribution in [3.63, 3.8) is 0 Å². The fourth-order valence-electron chi connectivity index (χ4n) is 0.886. The Hall–Kier alpha value is -0.570. The lowest BCUT2D eigenvalue weighted by Crippen LogP contribution is -2.35. The third kappa shape index (κ3) is 5.64. The smallest absolute Gasteiger partial charge is 0.303 e. The van der Waals surface area contributed by atoms with Crippen molar-refractivity contribution in [3.05, 3.63) is 0 Å². The van der Waals surface area contributed by atoms with Gasteiger partial charge in [-0.2, -0.15) is 0 Å². The van der Waals surface area contributed by atoms with Gasteiger partial charge in [0, 0.05) is 18.9 Å². The van der Waals surface area contributed by atoms with E-state index in [0.717, 1.165) is 0 Å². The number of carbonyl (C=O) groups excluding carboxylic acids is 1. The van der Waals surface area contributed by atoms with Gasteiger partial charge in [-0.05, 0) is 6.92 Å². The normalized spacial score (nSPS) is 13.9. The van der Waals surface area contributed by atoms with Crippen molar-refractivity contribution >= 4 is 5.97 Å². The molecule has 0 spiro atoms. The van der Waals surface area contributed by atoms with Gasteiger partial charge in [0.15, 0.2) is 0 Å². The van der Waals surface area contributed by atoms with Crippen LogP contribution in [-0.2, 0) is 14.3 Å². The Morgan fingerprint density at radius 1 is 1.38 bits per heavy atom. The Kier molecular flexibility index (Phi) is 4.99. The van der Waals surface area contributed by atoms with Gasteiger partial charge >= 0.3 is 5.97 Å². The second-order valence-corrected chi connectivity index (χ2v) is 4.12. The Labute approximate surface area is 80.4 Å². The number of ether oxygens (including phenoxy) is 2. The van der Waals surface area contributed by atoms with Crippen molar-refractivity contribution in [2.75, 3.05) is 13.2 Å². The molecule has 0 aromatic carbocycles. The first-order valence-corrected chi connectivity index (χ1v) is 4.63. The average Bonchev–Trinajstić information content (AvgIpc) is 1.95. The Bertz CT molecular complexity index is 158. The van der Waals surface area contributed by atoms with Gasteiger partial charge < -0.3 is 9.47 Å². The summed E-state index contributed by atoms with van der Waals surface area (Å²) in [5.41, 5.74) is -0.0686. The molecule has 0 bridgehead atoms. The maximum atomic E-state index is 10.8. The van der Waals surface area contributed by atoms with E-state index in [2.05, 4.69) is 0 Å². The summed E-state index contributed by atoms with van der Waals surface area (Å²) in [5, 5.41) is 0. The fraction of sp³-hybridized carbons (Fsp3) is 0.900. The molecule has 0 rings (SSSR count). The summed E-state index contributed by atoms with van der Waals surface area (Å²) in [7, 11) is 0. The summed E-state index contributed by atoms with van der Waals surface area (Å²) in [6, 6.07) is 0. The molecule has 78 valence electrons. The van der Waals surface area contributed by atoms with Gasteiger partial charge in [0.25, 0.3) is 0 Å². The van der Waals surface area contributed by atoms with E-state index in [1.54, 1.807) is 0 Å².